The lowest BCUT2D eigenvalue weighted by atomic mass is 10.2. The van der Waals surface area contributed by atoms with E-state index in [0.717, 1.165) is 21.1 Å². The Morgan fingerprint density at radius 2 is 2.22 bits per heavy atom. The molecule has 0 bridgehead atoms. The number of aryl methyl sites for hydroxylation is 2. The number of thiophene rings is 1. The molecule has 0 saturated carbocycles. The molecule has 0 aromatic carbocycles. The molecule has 0 radical (unpaired) electrons. The van der Waals surface area contributed by atoms with Crippen molar-refractivity contribution in [2.75, 3.05) is 0 Å². The highest BCUT2D eigenvalue weighted by Gasteiger charge is 2.10. The smallest absolute Gasteiger partial charge is 0.345 e. The molecule has 0 aliphatic rings. The van der Waals surface area contributed by atoms with Crippen LogP contribution in [0.3, 0.4) is 0 Å². The zero-order valence-corrected chi connectivity index (χ0v) is 11.8. The average molecular weight is 282 g/mol. The lowest BCUT2D eigenvalue weighted by Crippen LogP contribution is -2.13. The van der Waals surface area contributed by atoms with Crippen LogP contribution in [0.5, 0.6) is 0 Å². The van der Waals surface area contributed by atoms with Crippen LogP contribution in [0.2, 0.25) is 0 Å². The third kappa shape index (κ3) is 3.16. The predicted octanol–water partition coefficient (Wildman–Crippen LogP) is 2.81. The van der Waals surface area contributed by atoms with E-state index in [1.807, 2.05) is 19.2 Å². The van der Waals surface area contributed by atoms with E-state index in [1.165, 1.54) is 11.3 Å². The molecule has 0 saturated heterocycles. The highest BCUT2D eigenvalue weighted by Crippen LogP contribution is 2.21. The van der Waals surface area contributed by atoms with E-state index >= 15 is 0 Å². The first kappa shape index (κ1) is 13.2. The lowest BCUT2D eigenvalue weighted by Gasteiger charge is -2.01. The molecule has 2 rings (SSSR count). The van der Waals surface area contributed by atoms with Gasteiger partial charge in [0.25, 0.3) is 0 Å². The first-order chi connectivity index (χ1) is 8.56. The molecular formula is C12H14N2O2S2. The fourth-order valence-corrected chi connectivity index (χ4v) is 3.11. The Balaban J connectivity index is 1.92. The molecule has 0 spiro atoms. The maximum atomic E-state index is 10.8. The zero-order chi connectivity index (χ0) is 13.1. The van der Waals surface area contributed by atoms with Gasteiger partial charge in [-0.1, -0.05) is 0 Å². The van der Waals surface area contributed by atoms with Gasteiger partial charge >= 0.3 is 5.97 Å². The summed E-state index contributed by atoms with van der Waals surface area (Å²) in [6, 6.07) is 1.74. The number of nitrogens with zero attached hydrogens (tertiary/aromatic N) is 1. The monoisotopic (exact) mass is 282 g/mol. The third-order valence-corrected chi connectivity index (χ3v) is 4.42. The summed E-state index contributed by atoms with van der Waals surface area (Å²) < 4.78 is 0. The Labute approximate surface area is 113 Å². The van der Waals surface area contributed by atoms with E-state index < -0.39 is 5.97 Å². The van der Waals surface area contributed by atoms with Crippen LogP contribution in [-0.2, 0) is 13.1 Å². The quantitative estimate of drug-likeness (QED) is 0.885. The second-order valence-corrected chi connectivity index (χ2v) is 6.28. The second kappa shape index (κ2) is 5.60. The Morgan fingerprint density at radius 1 is 1.44 bits per heavy atom. The molecule has 2 heterocycles. The van der Waals surface area contributed by atoms with Crippen molar-refractivity contribution >= 4 is 28.6 Å². The van der Waals surface area contributed by atoms with E-state index in [2.05, 4.69) is 10.3 Å². The molecule has 6 heteroatoms. The van der Waals surface area contributed by atoms with Gasteiger partial charge in [0, 0.05) is 23.3 Å². The molecule has 2 aromatic heterocycles. The average Bonchev–Trinajstić information content (AvgIpc) is 2.87. The van der Waals surface area contributed by atoms with Crippen LogP contribution in [0.25, 0.3) is 0 Å². The molecule has 0 unspecified atom stereocenters. The second-order valence-electron chi connectivity index (χ2n) is 3.96. The summed E-state index contributed by atoms with van der Waals surface area (Å²) >= 11 is 2.95. The van der Waals surface area contributed by atoms with Gasteiger partial charge in [-0.05, 0) is 25.5 Å². The van der Waals surface area contributed by atoms with E-state index in [9.17, 15) is 4.79 Å². The highest BCUT2D eigenvalue weighted by atomic mass is 32.1. The number of aromatic nitrogens is 1. The molecule has 4 nitrogen and oxygen atoms in total. The van der Waals surface area contributed by atoms with Crippen LogP contribution in [0.1, 0.15) is 30.8 Å². The minimum Gasteiger partial charge on any atom is -0.477 e. The Bertz CT molecular complexity index is 560. The number of thiazole rings is 1. The van der Waals surface area contributed by atoms with Crippen molar-refractivity contribution in [1.82, 2.24) is 10.3 Å². The Morgan fingerprint density at radius 3 is 2.78 bits per heavy atom. The van der Waals surface area contributed by atoms with Crippen molar-refractivity contribution in [3.05, 3.63) is 37.5 Å². The number of carboxylic acids is 1. The van der Waals surface area contributed by atoms with Crippen LogP contribution in [0.15, 0.2) is 11.4 Å². The molecular weight excluding hydrogens is 268 g/mol. The first-order valence-corrected chi connectivity index (χ1v) is 7.20. The van der Waals surface area contributed by atoms with Crippen LogP contribution in [-0.4, -0.2) is 16.1 Å². The van der Waals surface area contributed by atoms with Gasteiger partial charge in [-0.3, -0.25) is 0 Å². The van der Waals surface area contributed by atoms with Crippen molar-refractivity contribution < 1.29 is 9.90 Å². The summed E-state index contributed by atoms with van der Waals surface area (Å²) in [4.78, 5) is 16.7. The Hall–Kier alpha value is -1.24. The molecule has 0 aliphatic heterocycles. The number of hydrogen-bond donors (Lipinski definition) is 2. The van der Waals surface area contributed by atoms with Gasteiger partial charge in [-0.2, -0.15) is 0 Å². The van der Waals surface area contributed by atoms with E-state index in [1.54, 1.807) is 17.4 Å². The number of carbonyl (C=O) groups is 1. The largest absolute Gasteiger partial charge is 0.477 e. The van der Waals surface area contributed by atoms with Crippen molar-refractivity contribution in [2.24, 2.45) is 0 Å². The number of hydrogen-bond acceptors (Lipinski definition) is 5. The van der Waals surface area contributed by atoms with E-state index in [0.29, 0.717) is 18.0 Å². The van der Waals surface area contributed by atoms with Crippen LogP contribution < -0.4 is 5.32 Å². The van der Waals surface area contributed by atoms with Crippen LogP contribution in [0, 0.1) is 13.8 Å². The summed E-state index contributed by atoms with van der Waals surface area (Å²) in [5.41, 5.74) is 2.08. The molecule has 2 aromatic rings. The van der Waals surface area contributed by atoms with Gasteiger partial charge in [0.05, 0.1) is 10.7 Å². The molecule has 0 aliphatic carbocycles. The maximum absolute atomic E-state index is 10.8. The summed E-state index contributed by atoms with van der Waals surface area (Å²) in [5, 5.41) is 15.3. The third-order valence-electron chi connectivity index (χ3n) is 2.52. The SMILES string of the molecule is Cc1nc(CNCc2cc(C(=O)O)sc2C)cs1. The molecule has 2 N–H and O–H groups in total. The van der Waals surface area contributed by atoms with Crippen LogP contribution in [0.4, 0.5) is 0 Å². The number of aromatic carboxylic acids is 1. The number of rotatable bonds is 5. The fraction of sp³-hybridized carbons (Fsp3) is 0.333. The summed E-state index contributed by atoms with van der Waals surface area (Å²) in [6.07, 6.45) is 0. The minimum atomic E-state index is -0.857. The molecule has 0 fully saturated rings. The standard InChI is InChI=1S/C12H14N2O2S2/c1-7-9(3-11(18-7)12(15)16)4-13-5-10-6-17-8(2)14-10/h3,6,13H,4-5H2,1-2H3,(H,15,16). The van der Waals surface area contributed by atoms with E-state index in [-0.39, 0.29) is 0 Å². The van der Waals surface area contributed by atoms with Gasteiger partial charge in [0.1, 0.15) is 4.88 Å². The van der Waals surface area contributed by atoms with Gasteiger partial charge in [0.15, 0.2) is 0 Å². The van der Waals surface area contributed by atoms with Crippen molar-refractivity contribution in [3.63, 3.8) is 0 Å². The molecule has 18 heavy (non-hydrogen) atoms. The molecule has 0 atom stereocenters. The van der Waals surface area contributed by atoms with Crippen molar-refractivity contribution in [1.29, 1.82) is 0 Å². The first-order valence-electron chi connectivity index (χ1n) is 5.50. The summed E-state index contributed by atoms with van der Waals surface area (Å²) in [7, 11) is 0. The zero-order valence-electron chi connectivity index (χ0n) is 10.2. The minimum absolute atomic E-state index is 0.397. The molecule has 96 valence electrons. The normalized spacial score (nSPS) is 10.8. The predicted molar refractivity (Wildman–Crippen MR) is 73.4 cm³/mol. The lowest BCUT2D eigenvalue weighted by molar-refractivity contribution is 0.0702. The van der Waals surface area contributed by atoms with Crippen LogP contribution >= 0.6 is 22.7 Å². The summed E-state index contributed by atoms with van der Waals surface area (Å²) in [5.74, 6) is -0.857. The van der Waals surface area contributed by atoms with Gasteiger partial charge in [-0.25, -0.2) is 9.78 Å². The topological polar surface area (TPSA) is 62.2 Å². The number of carboxylic acid groups (broad SMARTS) is 1. The van der Waals surface area contributed by atoms with Gasteiger partial charge in [0.2, 0.25) is 0 Å². The highest BCUT2D eigenvalue weighted by molar-refractivity contribution is 7.14. The maximum Gasteiger partial charge on any atom is 0.345 e. The van der Waals surface area contributed by atoms with Gasteiger partial charge < -0.3 is 10.4 Å². The Kier molecular flexibility index (Phi) is 4.11. The fourth-order valence-electron chi connectivity index (χ4n) is 1.62. The van der Waals surface area contributed by atoms with Crippen molar-refractivity contribution in [2.45, 2.75) is 26.9 Å². The van der Waals surface area contributed by atoms with E-state index in [4.69, 9.17) is 5.11 Å². The number of nitrogens with one attached hydrogen (secondary N) is 1. The van der Waals surface area contributed by atoms with Gasteiger partial charge in [-0.15, -0.1) is 22.7 Å². The van der Waals surface area contributed by atoms with Crippen molar-refractivity contribution in [3.8, 4) is 0 Å². The molecule has 0 amide bonds. The summed E-state index contributed by atoms with van der Waals surface area (Å²) in [6.45, 7) is 5.31.